The maximum absolute atomic E-state index is 10.9. The van der Waals surface area contributed by atoms with E-state index in [1.54, 1.807) is 12.1 Å². The maximum atomic E-state index is 10.9. The third-order valence-corrected chi connectivity index (χ3v) is 7.25. The Morgan fingerprint density at radius 1 is 1.06 bits per heavy atom. The largest absolute Gasteiger partial charge is 1.00 e. The van der Waals surface area contributed by atoms with Gasteiger partial charge in [0.25, 0.3) is 0 Å². The average molecular weight is 491 g/mol. The van der Waals surface area contributed by atoms with Gasteiger partial charge in [-0.05, 0) is 74.1 Å². The van der Waals surface area contributed by atoms with Gasteiger partial charge in [-0.1, -0.05) is 72.6 Å². The molecule has 1 aliphatic rings. The predicted molar refractivity (Wildman–Crippen MR) is 129 cm³/mol. The Kier molecular flexibility index (Phi) is 13.6. The van der Waals surface area contributed by atoms with Crippen LogP contribution < -0.4 is 43.7 Å². The Balaban J connectivity index is 0.00000544. The topological polar surface area (TPSA) is 78.8 Å². The second-order valence-electron chi connectivity index (χ2n) is 10.7. The van der Waals surface area contributed by atoms with Crippen molar-refractivity contribution in [2.45, 2.75) is 111 Å². The van der Waals surface area contributed by atoms with Crippen molar-refractivity contribution >= 4 is 7.82 Å². The zero-order valence-corrected chi connectivity index (χ0v) is 24.7. The number of hydrogen-bond donors (Lipinski definition) is 1. The van der Waals surface area contributed by atoms with Crippen molar-refractivity contribution < 1.29 is 53.2 Å². The van der Waals surface area contributed by atoms with E-state index in [0.717, 1.165) is 54.7 Å². The van der Waals surface area contributed by atoms with Crippen LogP contribution in [0, 0.1) is 17.8 Å². The molecule has 33 heavy (non-hydrogen) atoms. The molecule has 0 aromatic heterocycles. The van der Waals surface area contributed by atoms with Gasteiger partial charge in [0.2, 0.25) is 0 Å². The molecule has 7 heteroatoms. The van der Waals surface area contributed by atoms with Gasteiger partial charge in [0, 0.05) is 0 Å². The molecule has 1 aliphatic heterocycles. The Hall–Kier alpha value is -0.0300. The van der Waals surface area contributed by atoms with E-state index in [-0.39, 0.29) is 40.9 Å². The van der Waals surface area contributed by atoms with Gasteiger partial charge in [-0.25, -0.2) is 0 Å². The first-order chi connectivity index (χ1) is 15.0. The number of hydrogen-bond acceptors (Lipinski definition) is 4. The molecule has 0 amide bonds. The summed E-state index contributed by atoms with van der Waals surface area (Å²) in [6.07, 6.45) is 13.2. The van der Waals surface area contributed by atoms with Gasteiger partial charge in [-0.3, -0.25) is 4.57 Å². The molecule has 0 fully saturated rings. The van der Waals surface area contributed by atoms with Gasteiger partial charge in [0.05, 0.1) is 0 Å². The number of fused-ring (bicyclic) bond motifs is 1. The Labute approximate surface area is 224 Å². The zero-order chi connectivity index (χ0) is 23.8. The van der Waals surface area contributed by atoms with Gasteiger partial charge in [0.15, 0.2) is 0 Å². The third-order valence-electron chi connectivity index (χ3n) is 6.81. The van der Waals surface area contributed by atoms with E-state index in [0.29, 0.717) is 0 Å². The summed E-state index contributed by atoms with van der Waals surface area (Å²) in [6.45, 7) is 11.6. The van der Waals surface area contributed by atoms with Crippen molar-refractivity contribution in [1.29, 1.82) is 0 Å². The van der Waals surface area contributed by atoms with Gasteiger partial charge >= 0.3 is 37.4 Å². The van der Waals surface area contributed by atoms with Crippen molar-refractivity contribution in [2.24, 2.45) is 17.8 Å². The summed E-state index contributed by atoms with van der Waals surface area (Å²) in [5.41, 5.74) is 0.731. The Bertz CT molecular complexity index is 750. The molecule has 0 saturated heterocycles. The number of benzene rings is 1. The minimum Gasteiger partial charge on any atom is -0.746 e. The smallest absolute Gasteiger partial charge is 0.746 e. The van der Waals surface area contributed by atoms with E-state index in [1.165, 1.54) is 51.0 Å². The first kappa shape index (κ1) is 31.0. The summed E-state index contributed by atoms with van der Waals surface area (Å²) in [4.78, 5) is 19.8. The second kappa shape index (κ2) is 14.5. The van der Waals surface area contributed by atoms with Crippen LogP contribution in [-0.4, -0.2) is 10.5 Å². The first-order valence-corrected chi connectivity index (χ1v) is 14.0. The molecule has 0 aliphatic carbocycles. The molecule has 4 atom stereocenters. The van der Waals surface area contributed by atoms with E-state index in [9.17, 15) is 9.46 Å². The van der Waals surface area contributed by atoms with E-state index >= 15 is 0 Å². The van der Waals surface area contributed by atoms with E-state index in [2.05, 4.69) is 39.1 Å². The molecular weight excluding hydrogens is 446 g/mol. The molecule has 2 rings (SSSR count). The molecular formula is C26H44NaO5P. The molecule has 0 saturated carbocycles. The van der Waals surface area contributed by atoms with Gasteiger partial charge in [0.1, 0.15) is 17.1 Å². The monoisotopic (exact) mass is 490 g/mol. The first-order valence-electron chi connectivity index (χ1n) is 12.5. The van der Waals surface area contributed by atoms with Crippen LogP contribution in [0.4, 0.5) is 0 Å². The van der Waals surface area contributed by atoms with Crippen molar-refractivity contribution in [1.82, 2.24) is 0 Å². The molecule has 184 valence electrons. The summed E-state index contributed by atoms with van der Waals surface area (Å²) in [5.74, 6) is 3.32. The molecule has 1 heterocycles. The van der Waals surface area contributed by atoms with Crippen LogP contribution in [0.25, 0.3) is 0 Å². The van der Waals surface area contributed by atoms with Crippen LogP contribution in [0.15, 0.2) is 18.2 Å². The molecule has 1 aromatic carbocycles. The summed E-state index contributed by atoms with van der Waals surface area (Å²) in [6, 6.07) is 4.90. The third kappa shape index (κ3) is 12.5. The second-order valence-corrected chi connectivity index (χ2v) is 11.9. The van der Waals surface area contributed by atoms with Gasteiger partial charge in [-0.15, -0.1) is 0 Å². The fraction of sp³-hybridized carbons (Fsp3) is 0.769. The normalized spacial score (nSPS) is 21.3. The van der Waals surface area contributed by atoms with E-state index in [1.807, 2.05) is 0 Å². The van der Waals surface area contributed by atoms with Crippen molar-refractivity contribution in [3.8, 4) is 11.5 Å². The number of phosphoric acid groups is 1. The van der Waals surface area contributed by atoms with E-state index < -0.39 is 7.82 Å². The summed E-state index contributed by atoms with van der Waals surface area (Å²) in [5, 5.41) is 0. The fourth-order valence-corrected chi connectivity index (χ4v) is 5.11. The minimum atomic E-state index is -4.79. The molecule has 0 spiro atoms. The molecule has 1 aromatic rings. The van der Waals surface area contributed by atoms with Crippen molar-refractivity contribution in [2.75, 3.05) is 0 Å². The Morgan fingerprint density at radius 3 is 2.21 bits per heavy atom. The number of aryl methyl sites for hydroxylation is 1. The quantitative estimate of drug-likeness (QED) is 0.314. The predicted octanol–water partition coefficient (Wildman–Crippen LogP) is 4.05. The standard InChI is InChI=1S/C26H45O5P.Na/c1-20(2)9-6-10-21(3)11-7-12-22(4)13-8-17-26(5)18-16-23-19-24(31-32(27,28)29)14-15-25(23)30-26;/h14-15,19-22H,6-13,16-18H2,1-5H3,(H2,27,28,29);/q;+1/p-1. The van der Waals surface area contributed by atoms with E-state index in [4.69, 9.17) is 9.63 Å². The SMILES string of the molecule is CC(C)CCCC(C)CCCC(C)CCCC1(C)CCc2cc(OP(=O)([O-])O)ccc2O1.[Na+]. The number of phosphoric ester groups is 1. The number of rotatable bonds is 14. The van der Waals surface area contributed by atoms with Gasteiger partial charge in [-0.2, -0.15) is 0 Å². The molecule has 0 radical (unpaired) electrons. The molecule has 5 nitrogen and oxygen atoms in total. The summed E-state index contributed by atoms with van der Waals surface area (Å²) >= 11 is 0. The minimum absolute atomic E-state index is 0. The van der Waals surface area contributed by atoms with Crippen LogP contribution in [0.5, 0.6) is 11.5 Å². The van der Waals surface area contributed by atoms with Crippen LogP contribution in [0.3, 0.4) is 0 Å². The van der Waals surface area contributed by atoms with Crippen LogP contribution in [0.1, 0.15) is 104 Å². The Morgan fingerprint density at radius 2 is 1.64 bits per heavy atom. The fourth-order valence-electron chi connectivity index (χ4n) is 4.73. The number of ether oxygens (including phenoxy) is 1. The van der Waals surface area contributed by atoms with Gasteiger partial charge < -0.3 is 19.0 Å². The van der Waals surface area contributed by atoms with Crippen LogP contribution >= 0.6 is 7.82 Å². The molecule has 4 unspecified atom stereocenters. The molecule has 0 bridgehead atoms. The van der Waals surface area contributed by atoms with Crippen molar-refractivity contribution in [3.05, 3.63) is 23.8 Å². The molecule has 1 N–H and O–H groups in total. The zero-order valence-electron chi connectivity index (χ0n) is 21.8. The summed E-state index contributed by atoms with van der Waals surface area (Å²) in [7, 11) is -4.79. The summed E-state index contributed by atoms with van der Waals surface area (Å²) < 4.78 is 21.8. The maximum Gasteiger partial charge on any atom is 1.00 e. The van der Waals surface area contributed by atoms with Crippen LogP contribution in [-0.2, 0) is 11.0 Å². The van der Waals surface area contributed by atoms with Crippen molar-refractivity contribution in [3.63, 3.8) is 0 Å². The average Bonchev–Trinajstić information content (AvgIpc) is 2.66. The van der Waals surface area contributed by atoms with Crippen LogP contribution in [0.2, 0.25) is 0 Å².